The van der Waals surface area contributed by atoms with Crippen LogP contribution in [0.25, 0.3) is 27.8 Å². The van der Waals surface area contributed by atoms with Crippen molar-refractivity contribution in [3.05, 3.63) is 93.8 Å². The largest absolute Gasteiger partial charge is 0.497 e. The number of fused-ring (bicyclic) bond motifs is 3. The van der Waals surface area contributed by atoms with E-state index in [0.717, 1.165) is 16.9 Å². The van der Waals surface area contributed by atoms with Crippen LogP contribution in [0.2, 0.25) is 0 Å². The normalized spacial score (nSPS) is 11.3. The molecule has 0 saturated carbocycles. The van der Waals surface area contributed by atoms with Gasteiger partial charge in [-0.2, -0.15) is 10.1 Å². The first kappa shape index (κ1) is 22.3. The monoisotopic (exact) mass is 467 g/mol. The summed E-state index contributed by atoms with van der Waals surface area (Å²) in [4.78, 5) is 29.9. The average molecular weight is 468 g/mol. The number of aromatic nitrogens is 4. The molecular weight excluding hydrogens is 442 g/mol. The van der Waals surface area contributed by atoms with E-state index < -0.39 is 0 Å². The Hall–Kier alpha value is -4.46. The van der Waals surface area contributed by atoms with E-state index in [1.54, 1.807) is 29.8 Å². The van der Waals surface area contributed by atoms with Gasteiger partial charge in [-0.3, -0.25) is 9.59 Å². The third kappa shape index (κ3) is 4.26. The Kier molecular flexibility index (Phi) is 5.78. The highest BCUT2D eigenvalue weighted by atomic mass is 16.5. The van der Waals surface area contributed by atoms with Gasteiger partial charge < -0.3 is 10.1 Å². The molecule has 0 aliphatic carbocycles. The van der Waals surface area contributed by atoms with Crippen molar-refractivity contribution in [3.63, 3.8) is 0 Å². The number of amides is 1. The maximum absolute atomic E-state index is 12.9. The molecule has 0 atom stereocenters. The molecule has 176 valence electrons. The Labute approximate surface area is 201 Å². The minimum Gasteiger partial charge on any atom is -0.497 e. The third-order valence-corrected chi connectivity index (χ3v) is 6.09. The lowest BCUT2D eigenvalue weighted by atomic mass is 10.0. The number of ether oxygens (including phenoxy) is 1. The second-order valence-electron chi connectivity index (χ2n) is 8.68. The van der Waals surface area contributed by atoms with E-state index in [4.69, 9.17) is 4.74 Å². The van der Waals surface area contributed by atoms with Crippen molar-refractivity contribution in [1.29, 1.82) is 0 Å². The maximum Gasteiger partial charge on any atom is 0.281 e. The molecular formula is C27H25N5O3. The molecule has 8 heteroatoms. The molecule has 0 aliphatic heterocycles. The van der Waals surface area contributed by atoms with Crippen LogP contribution in [0.5, 0.6) is 5.75 Å². The van der Waals surface area contributed by atoms with Crippen LogP contribution in [-0.4, -0.2) is 32.8 Å². The standard InChI is InChI=1S/C27H25N5O3/c1-16(2)18-6-4-17(5-7-18)15-28-26(33)20-10-13-22-23(14-20)32-25(29-27(22)34)24(30-31-32)19-8-11-21(35-3)12-9-19/h4-14,16,31H,15H2,1-3H3,(H,28,33). The fraction of sp³-hybridized carbons (Fsp3) is 0.185. The predicted molar refractivity (Wildman–Crippen MR) is 135 cm³/mol. The van der Waals surface area contributed by atoms with Crippen LogP contribution >= 0.6 is 0 Å². The van der Waals surface area contributed by atoms with Gasteiger partial charge in [0.1, 0.15) is 11.4 Å². The van der Waals surface area contributed by atoms with E-state index in [1.165, 1.54) is 5.56 Å². The van der Waals surface area contributed by atoms with Gasteiger partial charge in [-0.15, -0.1) is 0 Å². The van der Waals surface area contributed by atoms with E-state index in [2.05, 4.69) is 46.6 Å². The summed E-state index contributed by atoms with van der Waals surface area (Å²) in [6.07, 6.45) is 0. The summed E-state index contributed by atoms with van der Waals surface area (Å²) < 4.78 is 6.83. The molecule has 1 amide bonds. The number of nitrogens with zero attached hydrogens (tertiary/aromatic N) is 3. The lowest BCUT2D eigenvalue weighted by Gasteiger charge is -2.09. The van der Waals surface area contributed by atoms with Gasteiger partial charge in [-0.05, 0) is 59.5 Å². The van der Waals surface area contributed by atoms with Crippen molar-refractivity contribution in [3.8, 4) is 17.0 Å². The predicted octanol–water partition coefficient (Wildman–Crippen LogP) is 4.30. The highest BCUT2D eigenvalue weighted by molar-refractivity contribution is 5.98. The summed E-state index contributed by atoms with van der Waals surface area (Å²) in [6, 6.07) is 20.5. The topological polar surface area (TPSA) is 101 Å². The number of H-pyrrole nitrogens is 1. The number of carbonyl (C=O) groups excluding carboxylic acids is 1. The molecule has 2 heterocycles. The van der Waals surface area contributed by atoms with E-state index in [9.17, 15) is 9.59 Å². The van der Waals surface area contributed by atoms with Crippen LogP contribution in [0, 0.1) is 0 Å². The molecule has 5 aromatic rings. The number of aromatic amines is 1. The van der Waals surface area contributed by atoms with Gasteiger partial charge in [0.15, 0.2) is 5.65 Å². The number of hydrogen-bond acceptors (Lipinski definition) is 5. The summed E-state index contributed by atoms with van der Waals surface area (Å²) in [7, 11) is 1.60. The maximum atomic E-state index is 12.9. The fourth-order valence-electron chi connectivity index (χ4n) is 4.02. The van der Waals surface area contributed by atoms with Gasteiger partial charge in [-0.1, -0.05) is 38.1 Å². The van der Waals surface area contributed by atoms with E-state index in [1.807, 2.05) is 36.4 Å². The molecule has 0 radical (unpaired) electrons. The second-order valence-corrected chi connectivity index (χ2v) is 8.68. The molecule has 0 fully saturated rings. The highest BCUT2D eigenvalue weighted by Gasteiger charge is 2.16. The van der Waals surface area contributed by atoms with E-state index >= 15 is 0 Å². The van der Waals surface area contributed by atoms with Crippen molar-refractivity contribution in [2.24, 2.45) is 0 Å². The van der Waals surface area contributed by atoms with Gasteiger partial charge in [0.05, 0.1) is 18.0 Å². The Morgan fingerprint density at radius 1 is 1.06 bits per heavy atom. The van der Waals surface area contributed by atoms with Crippen molar-refractivity contribution < 1.29 is 9.53 Å². The van der Waals surface area contributed by atoms with Gasteiger partial charge in [0, 0.05) is 17.7 Å². The van der Waals surface area contributed by atoms with Crippen LogP contribution in [0.1, 0.15) is 41.3 Å². The minimum atomic E-state index is -0.381. The van der Waals surface area contributed by atoms with Crippen LogP contribution < -0.4 is 15.6 Å². The van der Waals surface area contributed by atoms with Crippen molar-refractivity contribution in [2.75, 3.05) is 7.11 Å². The van der Waals surface area contributed by atoms with Crippen molar-refractivity contribution in [2.45, 2.75) is 26.3 Å². The van der Waals surface area contributed by atoms with Gasteiger partial charge in [0.25, 0.3) is 11.5 Å². The number of carbonyl (C=O) groups is 1. The van der Waals surface area contributed by atoms with Gasteiger partial charge in [-0.25, -0.2) is 9.73 Å². The molecule has 35 heavy (non-hydrogen) atoms. The zero-order chi connectivity index (χ0) is 24.5. The molecule has 0 saturated heterocycles. The zero-order valence-electron chi connectivity index (χ0n) is 19.7. The van der Waals surface area contributed by atoms with E-state index in [-0.39, 0.29) is 11.5 Å². The lowest BCUT2D eigenvalue weighted by molar-refractivity contribution is 0.0951. The number of methoxy groups -OCH3 is 1. The summed E-state index contributed by atoms with van der Waals surface area (Å²) in [5.74, 6) is 0.946. The van der Waals surface area contributed by atoms with E-state index in [0.29, 0.717) is 40.3 Å². The Morgan fingerprint density at radius 3 is 2.49 bits per heavy atom. The smallest absolute Gasteiger partial charge is 0.281 e. The first-order valence-electron chi connectivity index (χ1n) is 11.4. The Balaban J connectivity index is 1.46. The number of rotatable bonds is 6. The Bertz CT molecular complexity index is 1580. The summed E-state index contributed by atoms with van der Waals surface area (Å²) in [6.45, 7) is 4.70. The first-order valence-corrected chi connectivity index (χ1v) is 11.4. The first-order chi connectivity index (χ1) is 16.9. The van der Waals surface area contributed by atoms with Crippen LogP contribution in [0.15, 0.2) is 71.5 Å². The second kappa shape index (κ2) is 9.06. The molecule has 0 unspecified atom stereocenters. The Morgan fingerprint density at radius 2 is 1.80 bits per heavy atom. The summed E-state index contributed by atoms with van der Waals surface area (Å²) in [5, 5.41) is 10.7. The minimum absolute atomic E-state index is 0.229. The molecule has 0 aliphatic rings. The van der Waals surface area contributed by atoms with Crippen molar-refractivity contribution >= 4 is 22.5 Å². The molecule has 2 aromatic heterocycles. The van der Waals surface area contributed by atoms with Crippen molar-refractivity contribution in [1.82, 2.24) is 25.1 Å². The molecule has 0 spiro atoms. The number of nitrogens with one attached hydrogen (secondary N) is 2. The SMILES string of the molecule is COc1ccc(-c2n[nH]n3c2nc(=O)c2ccc(C(=O)NCc4ccc(C(C)C)cc4)cc23)cc1. The third-order valence-electron chi connectivity index (χ3n) is 6.09. The lowest BCUT2D eigenvalue weighted by Crippen LogP contribution is -2.23. The summed E-state index contributed by atoms with van der Waals surface area (Å²) >= 11 is 0. The zero-order valence-corrected chi connectivity index (χ0v) is 19.7. The number of hydrogen-bond donors (Lipinski definition) is 2. The van der Waals surface area contributed by atoms with Crippen LogP contribution in [-0.2, 0) is 6.54 Å². The average Bonchev–Trinajstić information content (AvgIpc) is 3.31. The van der Waals surface area contributed by atoms with Gasteiger partial charge in [0.2, 0.25) is 0 Å². The van der Waals surface area contributed by atoms with Crippen LogP contribution in [0.4, 0.5) is 0 Å². The van der Waals surface area contributed by atoms with Crippen LogP contribution in [0.3, 0.4) is 0 Å². The van der Waals surface area contributed by atoms with Gasteiger partial charge >= 0.3 is 0 Å². The summed E-state index contributed by atoms with van der Waals surface area (Å²) in [5.41, 5.74) is 4.57. The quantitative estimate of drug-likeness (QED) is 0.388. The molecule has 8 nitrogen and oxygen atoms in total. The molecule has 2 N–H and O–H groups in total. The molecule has 5 rings (SSSR count). The number of benzene rings is 3. The fourth-order valence-corrected chi connectivity index (χ4v) is 4.02. The molecule has 3 aromatic carbocycles. The molecule has 0 bridgehead atoms. The highest BCUT2D eigenvalue weighted by Crippen LogP contribution is 2.25.